The zero-order chi connectivity index (χ0) is 46.7. The Hall–Kier alpha value is -5.04. The first-order valence-corrected chi connectivity index (χ1v) is 25.7. The number of ether oxygens (including phenoxy) is 2. The molecule has 1 aliphatic heterocycles. The van der Waals surface area contributed by atoms with Crippen LogP contribution in [0.5, 0.6) is 17.2 Å². The lowest BCUT2D eigenvalue weighted by molar-refractivity contribution is -0.114. The Kier molecular flexibility index (Phi) is 14.5. The van der Waals surface area contributed by atoms with Gasteiger partial charge >= 0.3 is 0 Å². The summed E-state index contributed by atoms with van der Waals surface area (Å²) in [6, 6.07) is 16.9. The Labute approximate surface area is 398 Å². The van der Waals surface area contributed by atoms with Gasteiger partial charge in [0.05, 0.1) is 30.9 Å². The number of nitrogens with zero attached hydrogens (tertiary/aromatic N) is 1. The molecule has 3 saturated carbocycles. The molecule has 0 radical (unpaired) electrons. The van der Waals surface area contributed by atoms with Crippen LogP contribution in [0.15, 0.2) is 76.8 Å². The lowest BCUT2D eigenvalue weighted by Crippen LogP contribution is -2.50. The molecule has 9 heteroatoms. The number of aliphatic hydroxyl groups excluding tert-OH is 1. The first-order valence-electron chi connectivity index (χ1n) is 25.7. The van der Waals surface area contributed by atoms with E-state index in [-0.39, 0.29) is 77.6 Å². The lowest BCUT2D eigenvalue weighted by atomic mass is 9.55. The molecule has 67 heavy (non-hydrogen) atoms. The molecule has 9 nitrogen and oxygen atoms in total. The molecule has 9 rings (SSSR count). The third-order valence-corrected chi connectivity index (χ3v) is 16.2. The molecule has 7 atom stereocenters. The van der Waals surface area contributed by atoms with Crippen LogP contribution in [0.2, 0.25) is 0 Å². The summed E-state index contributed by atoms with van der Waals surface area (Å²) in [5, 5.41) is 38.3. The second-order valence-corrected chi connectivity index (χ2v) is 21.1. The molecular weight excluding hydrogens is 835 g/mol. The van der Waals surface area contributed by atoms with Crippen molar-refractivity contribution in [2.75, 3.05) is 20.3 Å². The number of methoxy groups -OCH3 is 1. The number of nitrogens with one attached hydrogen (secondary N) is 1. The van der Waals surface area contributed by atoms with Crippen LogP contribution in [0.4, 0.5) is 0 Å². The van der Waals surface area contributed by atoms with Crippen molar-refractivity contribution in [2.24, 2.45) is 34.4 Å². The van der Waals surface area contributed by atoms with Gasteiger partial charge in [-0.05, 0) is 158 Å². The minimum absolute atomic E-state index is 0.0000408. The fraction of sp³-hybridized carbons (Fsp3) is 0.552. The van der Waals surface area contributed by atoms with Crippen molar-refractivity contribution < 1.29 is 29.6 Å². The monoisotopic (exact) mass is 908 g/mol. The molecule has 0 unspecified atom stereocenters. The summed E-state index contributed by atoms with van der Waals surface area (Å²) in [7, 11) is 1.78. The summed E-state index contributed by atoms with van der Waals surface area (Å²) in [5.41, 5.74) is 15.9. The number of nitrogens with two attached hydrogens (primary N) is 1. The van der Waals surface area contributed by atoms with Crippen molar-refractivity contribution in [1.29, 1.82) is 0 Å². The first kappa shape index (κ1) is 47.0. The molecule has 0 amide bonds. The number of ketones is 1. The normalized spacial score (nSPS) is 26.9. The Morgan fingerprint density at radius 1 is 1.00 bits per heavy atom. The average molecular weight is 908 g/mol. The van der Waals surface area contributed by atoms with E-state index in [4.69, 9.17) is 20.2 Å². The zero-order valence-electron chi connectivity index (χ0n) is 40.1. The number of hydrogen-bond acceptors (Lipinski definition) is 9. The van der Waals surface area contributed by atoms with Gasteiger partial charge in [-0.2, -0.15) is 0 Å². The molecule has 3 aromatic carbocycles. The maximum absolute atomic E-state index is 13.7. The van der Waals surface area contributed by atoms with E-state index in [0.717, 1.165) is 104 Å². The van der Waals surface area contributed by atoms with Crippen molar-refractivity contribution >= 4 is 11.7 Å². The van der Waals surface area contributed by atoms with Crippen LogP contribution in [-0.2, 0) is 27.9 Å². The fourth-order valence-corrected chi connectivity index (χ4v) is 13.2. The summed E-state index contributed by atoms with van der Waals surface area (Å²) >= 11 is 0. The number of rotatable bonds is 11. The number of benzene rings is 3. The number of phenols is 2. The van der Waals surface area contributed by atoms with E-state index in [2.05, 4.69) is 60.5 Å². The van der Waals surface area contributed by atoms with Gasteiger partial charge in [0.25, 0.3) is 0 Å². The predicted octanol–water partition coefficient (Wildman–Crippen LogP) is 10.6. The molecule has 3 fully saturated rings. The van der Waals surface area contributed by atoms with Crippen molar-refractivity contribution in [3.05, 3.63) is 111 Å². The molecule has 5 aliphatic carbocycles. The molecule has 6 N–H and O–H groups in total. The Morgan fingerprint density at radius 2 is 1.82 bits per heavy atom. The number of carbonyl (C=O) groups is 1. The molecule has 0 aromatic heterocycles. The van der Waals surface area contributed by atoms with Crippen molar-refractivity contribution in [1.82, 2.24) is 5.32 Å². The maximum atomic E-state index is 13.7. The van der Waals surface area contributed by atoms with Crippen molar-refractivity contribution in [2.45, 2.75) is 159 Å². The summed E-state index contributed by atoms with van der Waals surface area (Å²) < 4.78 is 13.0. The minimum atomic E-state index is -0.360. The molecule has 8 bridgehead atoms. The first-order chi connectivity index (χ1) is 32.5. The molecule has 1 heterocycles. The van der Waals surface area contributed by atoms with Gasteiger partial charge in [0, 0.05) is 42.9 Å². The number of aromatic hydroxyl groups is 2. The Balaban J connectivity index is 1.26. The lowest BCUT2D eigenvalue weighted by Gasteiger charge is -2.49. The van der Waals surface area contributed by atoms with Crippen molar-refractivity contribution in [3.63, 3.8) is 0 Å². The van der Waals surface area contributed by atoms with E-state index in [1.807, 2.05) is 25.1 Å². The van der Waals surface area contributed by atoms with Gasteiger partial charge in [0.2, 0.25) is 0 Å². The largest absolute Gasteiger partial charge is 0.508 e. The van der Waals surface area contributed by atoms with Crippen LogP contribution < -0.4 is 15.8 Å². The van der Waals surface area contributed by atoms with Gasteiger partial charge < -0.3 is 35.8 Å². The van der Waals surface area contributed by atoms with Gasteiger partial charge in [-0.15, -0.1) is 0 Å². The summed E-state index contributed by atoms with van der Waals surface area (Å²) in [6.45, 7) is 4.72. The van der Waals surface area contributed by atoms with Gasteiger partial charge in [-0.25, -0.2) is 4.99 Å². The Morgan fingerprint density at radius 3 is 2.60 bits per heavy atom. The van der Waals surface area contributed by atoms with E-state index in [9.17, 15) is 20.1 Å². The fourth-order valence-electron chi connectivity index (χ4n) is 13.2. The van der Waals surface area contributed by atoms with E-state index < -0.39 is 0 Å². The highest BCUT2D eigenvalue weighted by Gasteiger charge is 2.49. The standard InChI is InChI=1S/C58H73N3O6/c1-4-12-38(34-62)28-45(63)20-19-40-33-53(67-47-16-6-7-17-47)56(65)55-48(40)18-11-15-44-30-42-32-50-49(23-36(2)24-51(50)54(55)52(42)35-66-3)41-26-39(29-46(64)31-41)25-37-13-10-14-43(27-37)58(61-57(59)60-44)21-8-5-9-22-58/h10,13-14,26-29,31-33,36,42,44,47,49,51-52,54,62,64-65H,4-9,12,15-17,19-25,30,34-35H2,1-3H3,(H3,59,60,61)/b38-28-/t36-,42-,44-,49-,51-,52+,54+/m0/s1. The average Bonchev–Trinajstić information content (AvgIpc) is 3.82. The predicted molar refractivity (Wildman–Crippen MR) is 265 cm³/mol. The number of aliphatic hydroxyl groups is 1. The summed E-state index contributed by atoms with van der Waals surface area (Å²) in [5.74, 6) is 8.71. The third kappa shape index (κ3) is 10.2. The molecular formula is C58H73N3O6. The van der Waals surface area contributed by atoms with Gasteiger partial charge in [-0.1, -0.05) is 93.4 Å². The number of allylic oxidation sites excluding steroid dienone is 3. The number of hydrogen-bond donors (Lipinski definition) is 5. The van der Waals surface area contributed by atoms with Crippen LogP contribution in [0.3, 0.4) is 0 Å². The molecule has 6 aliphatic rings. The van der Waals surface area contributed by atoms with Crippen LogP contribution in [0.1, 0.15) is 167 Å². The zero-order valence-corrected chi connectivity index (χ0v) is 40.1. The molecule has 1 spiro atoms. The highest BCUT2D eigenvalue weighted by Crippen LogP contribution is 2.59. The van der Waals surface area contributed by atoms with Crippen LogP contribution in [0.25, 0.3) is 0 Å². The van der Waals surface area contributed by atoms with E-state index >= 15 is 0 Å². The number of aliphatic imine (C=N–C) groups is 1. The maximum Gasteiger partial charge on any atom is 0.189 e. The quantitative estimate of drug-likeness (QED) is 0.0726. The second kappa shape index (κ2) is 20.7. The van der Waals surface area contributed by atoms with Gasteiger partial charge in [0.1, 0.15) is 5.75 Å². The highest BCUT2D eigenvalue weighted by atomic mass is 16.5. The molecule has 0 saturated heterocycles. The van der Waals surface area contributed by atoms with Crippen molar-refractivity contribution in [3.8, 4) is 29.1 Å². The van der Waals surface area contributed by atoms with Crippen LogP contribution >= 0.6 is 0 Å². The molecule has 3 aromatic rings. The minimum Gasteiger partial charge on any atom is -0.508 e. The summed E-state index contributed by atoms with van der Waals surface area (Å²) in [4.78, 5) is 19.0. The number of aryl methyl sites for hydroxylation is 1. The van der Waals surface area contributed by atoms with Crippen LogP contribution in [0, 0.1) is 35.5 Å². The van der Waals surface area contributed by atoms with E-state index in [1.54, 1.807) is 13.2 Å². The number of phenolic OH excluding ortho intramolecular Hbond substituents is 2. The van der Waals surface area contributed by atoms with Crippen LogP contribution in [-0.4, -0.2) is 59.5 Å². The number of fused-ring (bicyclic) bond motifs is 11. The molecule has 356 valence electrons. The third-order valence-electron chi connectivity index (χ3n) is 16.2. The smallest absolute Gasteiger partial charge is 0.189 e. The van der Waals surface area contributed by atoms with E-state index in [0.29, 0.717) is 56.3 Å². The topological polar surface area (TPSA) is 147 Å². The highest BCUT2D eigenvalue weighted by molar-refractivity contribution is 5.90. The number of carbonyl (C=O) groups excluding carboxylic acids is 1. The number of guanidine groups is 1. The van der Waals surface area contributed by atoms with E-state index in [1.165, 1.54) is 23.1 Å². The SMILES string of the molecule is CCC/C(=C/C(=O)CCc1cc(OC2CCCC2)c(O)c2c1C#CC[C@H]1C[C@H]3C=C4[C@@H](C[C@H](C)C[C@@H]4[C@@H]2[C@@H]3COC)c2cc(O)cc(c2)Cc2cccc(c2)C2(CCCCC2)NC(N)=N1)CO. The van der Waals surface area contributed by atoms with Gasteiger partial charge in [-0.3, -0.25) is 4.79 Å². The Bertz CT molecular complexity index is 2450. The summed E-state index contributed by atoms with van der Waals surface area (Å²) in [6.07, 6.45) is 19.3. The second-order valence-electron chi connectivity index (χ2n) is 21.1. The van der Waals surface area contributed by atoms with Gasteiger partial charge in [0.15, 0.2) is 23.2 Å².